The molecule has 0 aliphatic rings. The van der Waals surface area contributed by atoms with Crippen LogP contribution in [0.5, 0.6) is 0 Å². The Morgan fingerprint density at radius 3 is 2.07 bits per heavy atom. The Kier molecular flexibility index (Phi) is 8.62. The van der Waals surface area contributed by atoms with Gasteiger partial charge in [0.1, 0.15) is 19.8 Å². The third-order valence-corrected chi connectivity index (χ3v) is 3.45. The second-order valence-corrected chi connectivity index (χ2v) is 5.60. The summed E-state index contributed by atoms with van der Waals surface area (Å²) in [5.41, 5.74) is 0.852. The quantitative estimate of drug-likeness (QED) is 0.416. The molecule has 0 fully saturated rings. The molecule has 2 rings (SSSR count). The monoisotopic (exact) mass is 397 g/mol. The van der Waals surface area contributed by atoms with Crippen molar-refractivity contribution in [1.29, 1.82) is 0 Å². The van der Waals surface area contributed by atoms with Crippen LogP contribution in [0.25, 0.3) is 0 Å². The molecule has 0 radical (unpaired) electrons. The largest absolute Gasteiger partial charge is 0.348 e. The minimum atomic E-state index is -0.357. The van der Waals surface area contributed by atoms with E-state index in [4.69, 9.17) is 26.1 Å². The lowest BCUT2D eigenvalue weighted by atomic mass is 10.3. The second-order valence-electron chi connectivity index (χ2n) is 5.26. The van der Waals surface area contributed by atoms with E-state index in [2.05, 4.69) is 25.6 Å². The van der Waals surface area contributed by atoms with Gasteiger partial charge in [0.25, 0.3) is 0 Å². The SMILES string of the molecule is CCO[N+](CCNc1nc(Cl)nc(Nc2ccccc2)n1)(OCC)OCC. The number of nitrogens with one attached hydrogen (secondary N) is 2. The zero-order valence-electron chi connectivity index (χ0n) is 15.8. The van der Waals surface area contributed by atoms with Gasteiger partial charge in [-0.25, -0.2) is 0 Å². The van der Waals surface area contributed by atoms with Crippen molar-refractivity contribution < 1.29 is 19.5 Å². The van der Waals surface area contributed by atoms with Crippen molar-refractivity contribution >= 4 is 29.2 Å². The number of hydrogen-bond donors (Lipinski definition) is 2. The Hall–Kier alpha value is -2.04. The van der Waals surface area contributed by atoms with Crippen LogP contribution in [-0.2, 0) is 14.5 Å². The van der Waals surface area contributed by atoms with Crippen LogP contribution in [0.2, 0.25) is 5.28 Å². The molecule has 148 valence electrons. The third-order valence-electron chi connectivity index (χ3n) is 3.28. The number of aromatic nitrogens is 3. The van der Waals surface area contributed by atoms with Crippen molar-refractivity contribution in [3.8, 4) is 0 Å². The van der Waals surface area contributed by atoms with Gasteiger partial charge in [-0.15, -0.1) is 14.5 Å². The minimum absolute atomic E-state index is 0.0890. The lowest BCUT2D eigenvalue weighted by Crippen LogP contribution is -2.50. The summed E-state index contributed by atoms with van der Waals surface area (Å²) in [6, 6.07) is 9.57. The van der Waals surface area contributed by atoms with Gasteiger partial charge in [-0.1, -0.05) is 18.2 Å². The number of benzene rings is 1. The molecule has 0 saturated heterocycles. The summed E-state index contributed by atoms with van der Waals surface area (Å²) in [5, 5.41) is 6.28. The van der Waals surface area contributed by atoms with Gasteiger partial charge in [0, 0.05) is 5.69 Å². The van der Waals surface area contributed by atoms with Gasteiger partial charge in [0.15, 0.2) is 6.54 Å². The van der Waals surface area contributed by atoms with Gasteiger partial charge in [-0.2, -0.15) is 15.0 Å². The zero-order chi connectivity index (χ0) is 19.5. The molecule has 2 aromatic rings. The smallest absolute Gasteiger partial charge is 0.233 e. The summed E-state index contributed by atoms with van der Waals surface area (Å²) in [5.74, 6) is 0.694. The standard InChI is InChI=1S/C17H26ClN6O3/c1-4-25-24(26-5-2,27-6-3)13-12-19-16-21-15(18)22-17(23-16)20-14-10-8-7-9-11-14/h7-11H,4-6,12-13H2,1-3H3,(H2,19,20,21,22,23)/q+1. The molecule has 10 heteroatoms. The number of para-hydroxylation sites is 1. The van der Waals surface area contributed by atoms with E-state index in [9.17, 15) is 0 Å². The van der Waals surface area contributed by atoms with Crippen LogP contribution < -0.4 is 10.6 Å². The fraction of sp³-hybridized carbons (Fsp3) is 0.471. The van der Waals surface area contributed by atoms with Gasteiger partial charge in [0.2, 0.25) is 17.2 Å². The molecule has 1 aromatic heterocycles. The molecule has 2 N–H and O–H groups in total. The van der Waals surface area contributed by atoms with Crippen LogP contribution in [0.1, 0.15) is 20.8 Å². The maximum absolute atomic E-state index is 6.01. The van der Waals surface area contributed by atoms with Crippen LogP contribution in [0.15, 0.2) is 30.3 Å². The number of halogens is 1. The van der Waals surface area contributed by atoms with E-state index in [1.807, 2.05) is 51.1 Å². The van der Waals surface area contributed by atoms with Gasteiger partial charge >= 0.3 is 0 Å². The number of quaternary nitrogens is 1. The summed E-state index contributed by atoms with van der Waals surface area (Å²) in [4.78, 5) is 29.1. The number of hydroxylamine groups is 3. The van der Waals surface area contributed by atoms with Crippen LogP contribution in [0, 0.1) is 0 Å². The second kappa shape index (κ2) is 11.0. The molecule has 0 saturated carbocycles. The lowest BCUT2D eigenvalue weighted by molar-refractivity contribution is -1.37. The summed E-state index contributed by atoms with van der Waals surface area (Å²) in [6.45, 7) is 7.81. The maximum atomic E-state index is 6.01. The first kappa shape index (κ1) is 21.3. The van der Waals surface area contributed by atoms with Crippen molar-refractivity contribution in [1.82, 2.24) is 15.0 Å². The Balaban J connectivity index is 2.01. The maximum Gasteiger partial charge on any atom is 0.233 e. The van der Waals surface area contributed by atoms with E-state index in [1.165, 1.54) is 0 Å². The molecular formula is C17H26ClN6O3+. The molecule has 0 unspecified atom stereocenters. The summed E-state index contributed by atoms with van der Waals surface area (Å²) in [6.07, 6.45) is 0. The first-order valence-electron chi connectivity index (χ1n) is 8.90. The van der Waals surface area contributed by atoms with E-state index in [-0.39, 0.29) is 10.3 Å². The molecular weight excluding hydrogens is 372 g/mol. The van der Waals surface area contributed by atoms with E-state index in [0.29, 0.717) is 44.8 Å². The average Bonchev–Trinajstić information content (AvgIpc) is 2.63. The fourth-order valence-corrected chi connectivity index (χ4v) is 2.50. The fourth-order valence-electron chi connectivity index (χ4n) is 2.34. The molecule has 0 aliphatic carbocycles. The van der Waals surface area contributed by atoms with Crippen LogP contribution in [0.3, 0.4) is 0 Å². The number of rotatable bonds is 12. The van der Waals surface area contributed by atoms with E-state index < -0.39 is 0 Å². The van der Waals surface area contributed by atoms with Gasteiger partial charge in [-0.05, 0) is 44.5 Å². The highest BCUT2D eigenvalue weighted by molar-refractivity contribution is 6.28. The third kappa shape index (κ3) is 6.89. The highest BCUT2D eigenvalue weighted by Gasteiger charge is 2.33. The van der Waals surface area contributed by atoms with Crippen molar-refractivity contribution in [2.24, 2.45) is 0 Å². The Labute approximate surface area is 164 Å². The van der Waals surface area contributed by atoms with Crippen LogP contribution in [0.4, 0.5) is 17.6 Å². The van der Waals surface area contributed by atoms with Gasteiger partial charge < -0.3 is 10.6 Å². The van der Waals surface area contributed by atoms with Crippen LogP contribution >= 0.6 is 11.6 Å². The molecule has 1 aromatic carbocycles. The Morgan fingerprint density at radius 2 is 1.48 bits per heavy atom. The molecule has 0 spiro atoms. The van der Waals surface area contributed by atoms with Crippen LogP contribution in [-0.4, -0.2) is 52.8 Å². The number of nitrogens with zero attached hydrogens (tertiary/aromatic N) is 4. The summed E-state index contributed by atoms with van der Waals surface area (Å²) in [7, 11) is 0. The zero-order valence-corrected chi connectivity index (χ0v) is 16.6. The molecule has 0 atom stereocenters. The van der Waals surface area contributed by atoms with Crippen molar-refractivity contribution in [3.63, 3.8) is 0 Å². The lowest BCUT2D eigenvalue weighted by Gasteiger charge is -2.28. The molecule has 27 heavy (non-hydrogen) atoms. The molecule has 0 bridgehead atoms. The Bertz CT molecular complexity index is 675. The predicted octanol–water partition coefficient (Wildman–Crippen LogP) is 3.35. The van der Waals surface area contributed by atoms with E-state index in [1.54, 1.807) is 0 Å². The summed E-state index contributed by atoms with van der Waals surface area (Å²) >= 11 is 6.01. The van der Waals surface area contributed by atoms with Crippen molar-refractivity contribution in [2.75, 3.05) is 43.5 Å². The highest BCUT2D eigenvalue weighted by Crippen LogP contribution is 2.16. The van der Waals surface area contributed by atoms with Crippen molar-refractivity contribution in [2.45, 2.75) is 20.8 Å². The summed E-state index contributed by atoms with van der Waals surface area (Å²) < 4.78 is 0. The molecule has 0 amide bonds. The average molecular weight is 398 g/mol. The van der Waals surface area contributed by atoms with Crippen molar-refractivity contribution in [3.05, 3.63) is 35.6 Å². The normalized spacial score (nSPS) is 11.4. The van der Waals surface area contributed by atoms with E-state index >= 15 is 0 Å². The molecule has 9 nitrogen and oxygen atoms in total. The topological polar surface area (TPSA) is 90.4 Å². The minimum Gasteiger partial charge on any atom is -0.348 e. The van der Waals surface area contributed by atoms with Gasteiger partial charge in [0.05, 0.1) is 11.5 Å². The predicted molar refractivity (Wildman–Crippen MR) is 103 cm³/mol. The first-order chi connectivity index (χ1) is 13.1. The molecule has 1 heterocycles. The highest BCUT2D eigenvalue weighted by atomic mass is 35.5. The first-order valence-corrected chi connectivity index (χ1v) is 9.27. The van der Waals surface area contributed by atoms with Gasteiger partial charge in [-0.3, -0.25) is 0 Å². The van der Waals surface area contributed by atoms with E-state index in [0.717, 1.165) is 5.69 Å². The molecule has 0 aliphatic heterocycles. The number of anilines is 3. The number of hydrogen-bond acceptors (Lipinski definition) is 8. The Morgan fingerprint density at radius 1 is 0.889 bits per heavy atom.